The molecule has 2 rings (SSSR count). The standard InChI is InChI=1S/C7H8N8O2/c8-7-4(15(16)17)1-2-5(10-7)9-3-6-11-13-14-12-6/h1-2H,3H2,(H3,8,9,10)(H,11,12,13,14). The summed E-state index contributed by atoms with van der Waals surface area (Å²) >= 11 is 0. The van der Waals surface area contributed by atoms with E-state index in [0.29, 0.717) is 18.2 Å². The number of pyridine rings is 1. The Morgan fingerprint density at radius 1 is 1.53 bits per heavy atom. The number of aromatic amines is 1. The van der Waals surface area contributed by atoms with Gasteiger partial charge in [0.15, 0.2) is 5.82 Å². The van der Waals surface area contributed by atoms with Crippen molar-refractivity contribution in [2.75, 3.05) is 11.1 Å². The summed E-state index contributed by atoms with van der Waals surface area (Å²) in [6.45, 7) is 0.292. The summed E-state index contributed by atoms with van der Waals surface area (Å²) in [4.78, 5) is 13.8. The number of nitrogen functional groups attached to an aromatic ring is 1. The molecule has 0 spiro atoms. The largest absolute Gasteiger partial charge is 0.378 e. The van der Waals surface area contributed by atoms with E-state index in [1.54, 1.807) is 0 Å². The van der Waals surface area contributed by atoms with E-state index in [-0.39, 0.29) is 11.5 Å². The molecule has 88 valence electrons. The quantitative estimate of drug-likeness (QED) is 0.483. The van der Waals surface area contributed by atoms with E-state index in [0.717, 1.165) is 0 Å². The number of nitrogens with one attached hydrogen (secondary N) is 2. The summed E-state index contributed by atoms with van der Waals surface area (Å²) in [5.74, 6) is 0.703. The topological polar surface area (TPSA) is 149 Å². The summed E-state index contributed by atoms with van der Waals surface area (Å²) < 4.78 is 0. The summed E-state index contributed by atoms with van der Waals surface area (Å²) in [7, 11) is 0. The van der Waals surface area contributed by atoms with Crippen molar-refractivity contribution in [2.24, 2.45) is 0 Å². The lowest BCUT2D eigenvalue weighted by Gasteiger charge is -2.03. The molecule has 2 aromatic rings. The SMILES string of the molecule is Nc1nc(NCc2nn[nH]n2)ccc1[N+](=O)[O-]. The second kappa shape index (κ2) is 4.38. The molecular weight excluding hydrogens is 228 g/mol. The van der Waals surface area contributed by atoms with Gasteiger partial charge in [0.05, 0.1) is 11.5 Å². The number of anilines is 2. The average molecular weight is 236 g/mol. The Bertz CT molecular complexity index is 525. The Hall–Kier alpha value is -2.78. The monoisotopic (exact) mass is 236 g/mol. The van der Waals surface area contributed by atoms with Gasteiger partial charge in [-0.25, -0.2) is 4.98 Å². The Kier molecular flexibility index (Phi) is 2.77. The first-order valence-electron chi connectivity index (χ1n) is 4.54. The van der Waals surface area contributed by atoms with E-state index in [1.165, 1.54) is 12.1 Å². The van der Waals surface area contributed by atoms with Crippen LogP contribution in [0, 0.1) is 10.1 Å². The second-order valence-electron chi connectivity index (χ2n) is 3.04. The zero-order chi connectivity index (χ0) is 12.3. The molecule has 2 heterocycles. The van der Waals surface area contributed by atoms with Crippen molar-refractivity contribution in [1.82, 2.24) is 25.6 Å². The first-order chi connectivity index (χ1) is 8.16. The lowest BCUT2D eigenvalue weighted by molar-refractivity contribution is -0.384. The molecule has 0 fully saturated rings. The van der Waals surface area contributed by atoms with E-state index in [9.17, 15) is 10.1 Å². The molecule has 0 amide bonds. The second-order valence-corrected chi connectivity index (χ2v) is 3.04. The fourth-order valence-electron chi connectivity index (χ4n) is 1.15. The number of nitro groups is 1. The minimum Gasteiger partial charge on any atom is -0.378 e. The normalized spacial score (nSPS) is 10.1. The van der Waals surface area contributed by atoms with Crippen molar-refractivity contribution in [3.05, 3.63) is 28.1 Å². The summed E-state index contributed by atoms with van der Waals surface area (Å²) in [5.41, 5.74) is 5.20. The number of tetrazole rings is 1. The van der Waals surface area contributed by atoms with Crippen molar-refractivity contribution in [1.29, 1.82) is 0 Å². The van der Waals surface area contributed by atoms with E-state index in [2.05, 4.69) is 30.9 Å². The maximum atomic E-state index is 10.5. The average Bonchev–Trinajstić information content (AvgIpc) is 2.78. The van der Waals surface area contributed by atoms with Crippen LogP contribution in [0.25, 0.3) is 0 Å². The third-order valence-electron chi connectivity index (χ3n) is 1.92. The summed E-state index contributed by atoms with van der Waals surface area (Å²) in [5, 5.41) is 26.5. The Balaban J connectivity index is 2.07. The molecule has 4 N–H and O–H groups in total. The maximum absolute atomic E-state index is 10.5. The van der Waals surface area contributed by atoms with Gasteiger partial charge in [-0.3, -0.25) is 10.1 Å². The van der Waals surface area contributed by atoms with Crippen LogP contribution in [-0.2, 0) is 6.54 Å². The predicted octanol–water partition coefficient (Wildman–Crippen LogP) is -0.303. The summed E-state index contributed by atoms with van der Waals surface area (Å²) in [6, 6.07) is 2.73. The van der Waals surface area contributed by atoms with E-state index in [4.69, 9.17) is 5.73 Å². The van der Waals surface area contributed by atoms with Gasteiger partial charge in [0, 0.05) is 6.07 Å². The lowest BCUT2D eigenvalue weighted by Crippen LogP contribution is -2.05. The fourth-order valence-corrected chi connectivity index (χ4v) is 1.15. The number of hydrogen-bond acceptors (Lipinski definition) is 8. The first-order valence-corrected chi connectivity index (χ1v) is 4.54. The van der Waals surface area contributed by atoms with E-state index >= 15 is 0 Å². The number of nitrogens with two attached hydrogens (primary N) is 1. The molecule has 0 saturated carbocycles. The molecule has 0 aromatic carbocycles. The van der Waals surface area contributed by atoms with Gasteiger partial charge in [-0.2, -0.15) is 5.21 Å². The number of rotatable bonds is 4. The Labute approximate surface area is 94.4 Å². The van der Waals surface area contributed by atoms with Crippen LogP contribution in [0.2, 0.25) is 0 Å². The molecule has 10 nitrogen and oxygen atoms in total. The minimum atomic E-state index is -0.592. The van der Waals surface area contributed by atoms with Crippen LogP contribution >= 0.6 is 0 Å². The van der Waals surface area contributed by atoms with Crippen LogP contribution in [-0.4, -0.2) is 30.5 Å². The van der Waals surface area contributed by atoms with Gasteiger partial charge in [-0.1, -0.05) is 5.21 Å². The van der Waals surface area contributed by atoms with Crippen molar-refractivity contribution < 1.29 is 4.92 Å². The molecule has 2 aromatic heterocycles. The molecule has 0 saturated heterocycles. The zero-order valence-corrected chi connectivity index (χ0v) is 8.49. The fraction of sp³-hybridized carbons (Fsp3) is 0.143. The number of nitrogens with zero attached hydrogens (tertiary/aromatic N) is 5. The van der Waals surface area contributed by atoms with E-state index < -0.39 is 4.92 Å². The van der Waals surface area contributed by atoms with Gasteiger partial charge in [0.2, 0.25) is 5.82 Å². The molecule has 0 bridgehead atoms. The molecule has 10 heteroatoms. The molecule has 0 aliphatic rings. The van der Waals surface area contributed by atoms with Gasteiger partial charge in [0.25, 0.3) is 0 Å². The van der Waals surface area contributed by atoms with Crippen molar-refractivity contribution in [2.45, 2.75) is 6.54 Å². The third-order valence-corrected chi connectivity index (χ3v) is 1.92. The van der Waals surface area contributed by atoms with E-state index in [1.807, 2.05) is 0 Å². The Morgan fingerprint density at radius 2 is 2.35 bits per heavy atom. The molecule has 0 atom stereocenters. The molecule has 0 aliphatic heterocycles. The van der Waals surface area contributed by atoms with Crippen LogP contribution in [0.5, 0.6) is 0 Å². The zero-order valence-electron chi connectivity index (χ0n) is 8.49. The molecule has 0 aliphatic carbocycles. The van der Waals surface area contributed by atoms with Crippen LogP contribution in [0.4, 0.5) is 17.3 Å². The predicted molar refractivity (Wildman–Crippen MR) is 56.8 cm³/mol. The number of hydrogen-bond donors (Lipinski definition) is 3. The molecular formula is C7H8N8O2. The van der Waals surface area contributed by atoms with Gasteiger partial charge < -0.3 is 11.1 Å². The molecule has 0 radical (unpaired) electrons. The van der Waals surface area contributed by atoms with Crippen molar-refractivity contribution in [3.63, 3.8) is 0 Å². The van der Waals surface area contributed by atoms with Crippen LogP contribution in [0.1, 0.15) is 5.82 Å². The van der Waals surface area contributed by atoms with Crippen molar-refractivity contribution in [3.8, 4) is 0 Å². The Morgan fingerprint density at radius 3 is 2.94 bits per heavy atom. The highest BCUT2D eigenvalue weighted by atomic mass is 16.6. The number of aromatic nitrogens is 5. The molecule has 0 unspecified atom stereocenters. The highest BCUT2D eigenvalue weighted by Crippen LogP contribution is 2.20. The molecule has 17 heavy (non-hydrogen) atoms. The number of H-pyrrole nitrogens is 1. The van der Waals surface area contributed by atoms with Gasteiger partial charge in [-0.15, -0.1) is 10.2 Å². The first kappa shape index (κ1) is 10.7. The highest BCUT2D eigenvalue weighted by Gasteiger charge is 2.12. The van der Waals surface area contributed by atoms with Gasteiger partial charge >= 0.3 is 5.69 Å². The minimum absolute atomic E-state index is 0.145. The van der Waals surface area contributed by atoms with Crippen LogP contribution < -0.4 is 11.1 Å². The lowest BCUT2D eigenvalue weighted by atomic mass is 10.4. The van der Waals surface area contributed by atoms with Gasteiger partial charge in [-0.05, 0) is 6.07 Å². The van der Waals surface area contributed by atoms with Crippen molar-refractivity contribution >= 4 is 17.3 Å². The van der Waals surface area contributed by atoms with Crippen LogP contribution in [0.3, 0.4) is 0 Å². The smallest absolute Gasteiger partial charge is 0.311 e. The third kappa shape index (κ3) is 2.42. The summed E-state index contributed by atoms with van der Waals surface area (Å²) in [6.07, 6.45) is 0. The maximum Gasteiger partial charge on any atom is 0.311 e. The van der Waals surface area contributed by atoms with Crippen LogP contribution in [0.15, 0.2) is 12.1 Å². The highest BCUT2D eigenvalue weighted by molar-refractivity contribution is 5.57. The van der Waals surface area contributed by atoms with Gasteiger partial charge in [0.1, 0.15) is 5.82 Å².